The second-order valence-electron chi connectivity index (χ2n) is 6.60. The summed E-state index contributed by atoms with van der Waals surface area (Å²) >= 11 is 0. The minimum Gasteiger partial charge on any atom is -0.488 e. The second kappa shape index (κ2) is 8.65. The number of ether oxygens (including phenoxy) is 3. The van der Waals surface area contributed by atoms with Crippen LogP contribution >= 0.6 is 0 Å². The van der Waals surface area contributed by atoms with E-state index in [1.165, 1.54) is 12.1 Å². The monoisotopic (exact) mass is 393 g/mol. The summed E-state index contributed by atoms with van der Waals surface area (Å²) in [6.45, 7) is 0.969. The Morgan fingerprint density at radius 3 is 2.59 bits per heavy atom. The first-order valence-corrected chi connectivity index (χ1v) is 9.32. The second-order valence-corrected chi connectivity index (χ2v) is 6.60. The number of amides is 1. The molecule has 3 aromatic rings. The minimum absolute atomic E-state index is 0.208. The smallest absolute Gasteiger partial charge is 0.255 e. The van der Waals surface area contributed by atoms with Gasteiger partial charge in [0.05, 0.1) is 5.56 Å². The fourth-order valence-electron chi connectivity index (χ4n) is 3.03. The number of carbonyl (C=O) groups is 1. The van der Waals surface area contributed by atoms with E-state index in [1.807, 2.05) is 24.3 Å². The molecule has 1 aliphatic rings. The molecule has 0 saturated heterocycles. The number of benzene rings is 3. The lowest BCUT2D eigenvalue weighted by atomic mass is 10.1. The van der Waals surface area contributed by atoms with Crippen LogP contribution in [0, 0.1) is 5.82 Å². The Balaban J connectivity index is 1.34. The highest BCUT2D eigenvalue weighted by molar-refractivity contribution is 5.96. The molecule has 4 rings (SSSR count). The molecule has 0 fully saturated rings. The van der Waals surface area contributed by atoms with Crippen molar-refractivity contribution in [2.45, 2.75) is 13.0 Å². The Morgan fingerprint density at radius 2 is 1.72 bits per heavy atom. The molecule has 29 heavy (non-hydrogen) atoms. The van der Waals surface area contributed by atoms with Gasteiger partial charge in [-0.2, -0.15) is 0 Å². The number of carbonyl (C=O) groups excluding carboxylic acids is 1. The van der Waals surface area contributed by atoms with Gasteiger partial charge in [-0.25, -0.2) is 4.39 Å². The molecule has 1 amide bonds. The summed E-state index contributed by atoms with van der Waals surface area (Å²) in [7, 11) is 0. The Labute approximate surface area is 168 Å². The lowest BCUT2D eigenvalue weighted by Crippen LogP contribution is -2.26. The summed E-state index contributed by atoms with van der Waals surface area (Å²) in [6, 6.07) is 18.9. The van der Waals surface area contributed by atoms with Crippen LogP contribution in [0.2, 0.25) is 0 Å². The summed E-state index contributed by atoms with van der Waals surface area (Å²) in [5.74, 6) is 1.45. The molecule has 1 heterocycles. The van der Waals surface area contributed by atoms with Crippen molar-refractivity contribution in [3.63, 3.8) is 0 Å². The Hall–Kier alpha value is -3.54. The van der Waals surface area contributed by atoms with Gasteiger partial charge in [0, 0.05) is 6.54 Å². The van der Waals surface area contributed by atoms with Gasteiger partial charge in [0.15, 0.2) is 11.5 Å². The topological polar surface area (TPSA) is 56.8 Å². The van der Waals surface area contributed by atoms with Gasteiger partial charge in [0.2, 0.25) is 6.79 Å². The van der Waals surface area contributed by atoms with Gasteiger partial charge in [0.25, 0.3) is 5.91 Å². The van der Waals surface area contributed by atoms with E-state index in [0.717, 1.165) is 22.6 Å². The Bertz CT molecular complexity index is 1000. The number of nitrogens with one attached hydrogen (secondary N) is 1. The molecule has 5 nitrogen and oxygen atoms in total. The van der Waals surface area contributed by atoms with Crippen LogP contribution in [0.1, 0.15) is 21.5 Å². The van der Waals surface area contributed by atoms with Gasteiger partial charge in [-0.15, -0.1) is 0 Å². The Morgan fingerprint density at radius 1 is 0.966 bits per heavy atom. The van der Waals surface area contributed by atoms with Crippen LogP contribution in [0.25, 0.3) is 0 Å². The first kappa shape index (κ1) is 18.8. The van der Waals surface area contributed by atoms with Crippen LogP contribution in [0.3, 0.4) is 0 Å². The van der Waals surface area contributed by atoms with E-state index in [0.29, 0.717) is 24.3 Å². The molecule has 0 aliphatic carbocycles. The maximum Gasteiger partial charge on any atom is 0.255 e. The van der Waals surface area contributed by atoms with Crippen molar-refractivity contribution in [3.8, 4) is 17.2 Å². The molecule has 0 unspecified atom stereocenters. The van der Waals surface area contributed by atoms with Gasteiger partial charge < -0.3 is 19.5 Å². The van der Waals surface area contributed by atoms with E-state index >= 15 is 0 Å². The van der Waals surface area contributed by atoms with Gasteiger partial charge in [0.1, 0.15) is 18.2 Å². The van der Waals surface area contributed by atoms with E-state index < -0.39 is 0 Å². The number of fused-ring (bicyclic) bond motifs is 1. The van der Waals surface area contributed by atoms with Gasteiger partial charge >= 0.3 is 0 Å². The van der Waals surface area contributed by atoms with E-state index in [4.69, 9.17) is 14.2 Å². The van der Waals surface area contributed by atoms with E-state index in [1.54, 1.807) is 30.3 Å². The zero-order valence-electron chi connectivity index (χ0n) is 15.7. The fraction of sp³-hybridized carbons (Fsp3) is 0.174. The average molecular weight is 393 g/mol. The highest BCUT2D eigenvalue weighted by Crippen LogP contribution is 2.32. The first-order valence-electron chi connectivity index (χ1n) is 9.32. The summed E-state index contributed by atoms with van der Waals surface area (Å²) in [6.07, 6.45) is 0.668. The van der Waals surface area contributed by atoms with Crippen molar-refractivity contribution in [2.24, 2.45) is 0 Å². The zero-order chi connectivity index (χ0) is 20.1. The van der Waals surface area contributed by atoms with E-state index in [2.05, 4.69) is 5.32 Å². The third-order valence-electron chi connectivity index (χ3n) is 4.58. The SMILES string of the molecule is O=C(NCCc1ccc2c(c1)OCO2)c1ccccc1OCc1ccc(F)cc1. The third kappa shape index (κ3) is 4.66. The summed E-state index contributed by atoms with van der Waals surface area (Å²) in [5, 5.41) is 2.92. The van der Waals surface area contributed by atoms with Crippen LogP contribution in [0.15, 0.2) is 66.7 Å². The minimum atomic E-state index is -0.295. The standard InChI is InChI=1S/C23H20FNO4/c24-18-8-5-17(6-9-18)14-27-20-4-2-1-3-19(20)23(26)25-12-11-16-7-10-21-22(13-16)29-15-28-21/h1-10,13H,11-12,14-15H2,(H,25,26). The van der Waals surface area contributed by atoms with Gasteiger partial charge in [-0.05, 0) is 53.9 Å². The molecule has 148 valence electrons. The highest BCUT2D eigenvalue weighted by Gasteiger charge is 2.14. The van der Waals surface area contributed by atoms with Crippen LogP contribution in [0.4, 0.5) is 4.39 Å². The predicted molar refractivity (Wildman–Crippen MR) is 106 cm³/mol. The van der Waals surface area contributed by atoms with Crippen molar-refractivity contribution >= 4 is 5.91 Å². The molecule has 1 N–H and O–H groups in total. The number of para-hydroxylation sites is 1. The molecule has 0 saturated carbocycles. The van der Waals surface area contributed by atoms with Crippen LogP contribution < -0.4 is 19.5 Å². The van der Waals surface area contributed by atoms with Crippen LogP contribution in [-0.4, -0.2) is 19.2 Å². The quantitative estimate of drug-likeness (QED) is 0.657. The van der Waals surface area contributed by atoms with Gasteiger partial charge in [-0.1, -0.05) is 30.3 Å². The number of hydrogen-bond acceptors (Lipinski definition) is 4. The molecule has 1 aliphatic heterocycles. The highest BCUT2D eigenvalue weighted by atomic mass is 19.1. The van der Waals surface area contributed by atoms with Crippen LogP contribution in [-0.2, 0) is 13.0 Å². The summed E-state index contributed by atoms with van der Waals surface area (Å²) in [5.41, 5.74) is 2.33. The fourth-order valence-corrected chi connectivity index (χ4v) is 3.03. The largest absolute Gasteiger partial charge is 0.488 e. The Kier molecular flexibility index (Phi) is 5.61. The molecule has 0 aromatic heterocycles. The number of halogens is 1. The third-order valence-corrected chi connectivity index (χ3v) is 4.58. The lowest BCUT2D eigenvalue weighted by Gasteiger charge is -2.12. The first-order chi connectivity index (χ1) is 14.2. The molecule has 0 atom stereocenters. The molecular formula is C23H20FNO4. The number of rotatable bonds is 7. The van der Waals surface area contributed by atoms with Crippen molar-refractivity contribution in [1.82, 2.24) is 5.32 Å². The molecule has 0 spiro atoms. The predicted octanol–water partition coefficient (Wildman–Crippen LogP) is 4.11. The molecule has 3 aromatic carbocycles. The summed E-state index contributed by atoms with van der Waals surface area (Å²) < 4.78 is 29.5. The maximum atomic E-state index is 13.0. The van der Waals surface area contributed by atoms with Crippen molar-refractivity contribution in [3.05, 3.63) is 89.2 Å². The maximum absolute atomic E-state index is 13.0. The van der Waals surface area contributed by atoms with E-state index in [9.17, 15) is 9.18 Å². The number of hydrogen-bond donors (Lipinski definition) is 1. The normalized spacial score (nSPS) is 11.9. The molecule has 6 heteroatoms. The molecule has 0 radical (unpaired) electrons. The van der Waals surface area contributed by atoms with Crippen LogP contribution in [0.5, 0.6) is 17.2 Å². The summed E-state index contributed by atoms with van der Waals surface area (Å²) in [4.78, 5) is 12.6. The van der Waals surface area contributed by atoms with Crippen molar-refractivity contribution < 1.29 is 23.4 Å². The lowest BCUT2D eigenvalue weighted by molar-refractivity contribution is 0.0949. The van der Waals surface area contributed by atoms with Crippen molar-refractivity contribution in [1.29, 1.82) is 0 Å². The average Bonchev–Trinajstić information content (AvgIpc) is 3.21. The van der Waals surface area contributed by atoms with Gasteiger partial charge in [-0.3, -0.25) is 4.79 Å². The molecule has 0 bridgehead atoms. The zero-order valence-corrected chi connectivity index (χ0v) is 15.7. The van der Waals surface area contributed by atoms with E-state index in [-0.39, 0.29) is 25.1 Å². The molecular weight excluding hydrogens is 373 g/mol. The van der Waals surface area contributed by atoms with Crippen molar-refractivity contribution in [2.75, 3.05) is 13.3 Å².